The molecule has 0 spiro atoms. The van der Waals surface area contributed by atoms with Gasteiger partial charge >= 0.3 is 0 Å². The lowest BCUT2D eigenvalue weighted by atomic mass is 10.1. The second kappa shape index (κ2) is 5.01. The predicted octanol–water partition coefficient (Wildman–Crippen LogP) is 2.25. The van der Waals surface area contributed by atoms with Crippen molar-refractivity contribution < 1.29 is 8.42 Å². The SMILES string of the molecule is Cc1ccc(CS(=O)(=O)c2ccncc2N)cc1C. The van der Waals surface area contributed by atoms with Crippen molar-refractivity contribution in [2.75, 3.05) is 5.73 Å². The number of aryl methyl sites for hydroxylation is 2. The van der Waals surface area contributed by atoms with E-state index >= 15 is 0 Å². The molecule has 5 heteroatoms. The molecule has 2 aromatic rings. The Morgan fingerprint density at radius 1 is 1.16 bits per heavy atom. The number of nitrogen functional groups attached to an aromatic ring is 1. The van der Waals surface area contributed by atoms with Crippen molar-refractivity contribution >= 4 is 15.5 Å². The summed E-state index contributed by atoms with van der Waals surface area (Å²) in [4.78, 5) is 3.94. The zero-order chi connectivity index (χ0) is 14.0. The molecule has 1 aromatic carbocycles. The van der Waals surface area contributed by atoms with E-state index in [1.54, 1.807) is 0 Å². The number of nitrogens with two attached hydrogens (primary N) is 1. The van der Waals surface area contributed by atoms with E-state index in [2.05, 4.69) is 4.98 Å². The molecule has 0 amide bonds. The van der Waals surface area contributed by atoms with Gasteiger partial charge in [0.15, 0.2) is 9.84 Å². The summed E-state index contributed by atoms with van der Waals surface area (Å²) in [5.74, 6) is -0.0532. The van der Waals surface area contributed by atoms with Crippen LogP contribution in [0.15, 0.2) is 41.6 Å². The van der Waals surface area contributed by atoms with Crippen LogP contribution in [0.1, 0.15) is 16.7 Å². The van der Waals surface area contributed by atoms with Crippen LogP contribution in [0.4, 0.5) is 5.69 Å². The molecule has 0 bridgehead atoms. The molecule has 4 nitrogen and oxygen atoms in total. The fraction of sp³-hybridized carbons (Fsp3) is 0.214. The molecule has 0 fully saturated rings. The Bertz CT molecular complexity index is 709. The highest BCUT2D eigenvalue weighted by Crippen LogP contribution is 2.22. The lowest BCUT2D eigenvalue weighted by molar-refractivity contribution is 0.595. The van der Waals surface area contributed by atoms with E-state index in [0.29, 0.717) is 0 Å². The van der Waals surface area contributed by atoms with Gasteiger partial charge in [-0.25, -0.2) is 8.42 Å². The second-order valence-corrected chi connectivity index (χ2v) is 6.55. The van der Waals surface area contributed by atoms with Crippen LogP contribution in [-0.2, 0) is 15.6 Å². The largest absolute Gasteiger partial charge is 0.396 e. The average molecular weight is 276 g/mol. The van der Waals surface area contributed by atoms with Gasteiger partial charge in [0.25, 0.3) is 0 Å². The third kappa shape index (κ3) is 2.93. The smallest absolute Gasteiger partial charge is 0.184 e. The van der Waals surface area contributed by atoms with Crippen molar-refractivity contribution in [1.29, 1.82) is 0 Å². The van der Waals surface area contributed by atoms with Gasteiger partial charge in [-0.05, 0) is 36.6 Å². The van der Waals surface area contributed by atoms with Gasteiger partial charge in [0.05, 0.1) is 22.5 Å². The standard InChI is InChI=1S/C14H16N2O2S/c1-10-3-4-12(7-11(10)2)9-19(17,18)14-5-6-16-8-13(14)15/h3-8H,9,15H2,1-2H3. The number of pyridine rings is 1. The molecule has 0 aliphatic carbocycles. The van der Waals surface area contributed by atoms with Gasteiger partial charge in [0, 0.05) is 6.20 Å². The maximum absolute atomic E-state index is 12.3. The molecule has 0 saturated carbocycles. The molecule has 0 atom stereocenters. The average Bonchev–Trinajstić information content (AvgIpc) is 2.34. The summed E-state index contributed by atoms with van der Waals surface area (Å²) in [6.45, 7) is 3.96. The van der Waals surface area contributed by atoms with E-state index < -0.39 is 9.84 Å². The van der Waals surface area contributed by atoms with Gasteiger partial charge < -0.3 is 5.73 Å². The number of nitrogens with zero attached hydrogens (tertiary/aromatic N) is 1. The van der Waals surface area contributed by atoms with Crippen LogP contribution < -0.4 is 5.73 Å². The van der Waals surface area contributed by atoms with Gasteiger partial charge in [-0.15, -0.1) is 0 Å². The lowest BCUT2D eigenvalue weighted by Gasteiger charge is -2.08. The van der Waals surface area contributed by atoms with E-state index in [9.17, 15) is 8.42 Å². The zero-order valence-electron chi connectivity index (χ0n) is 10.9. The summed E-state index contributed by atoms with van der Waals surface area (Å²) in [6.07, 6.45) is 2.79. The van der Waals surface area contributed by atoms with Crippen LogP contribution in [0.25, 0.3) is 0 Å². The molecule has 1 heterocycles. The van der Waals surface area contributed by atoms with Crippen LogP contribution >= 0.6 is 0 Å². The Balaban J connectivity index is 2.37. The van der Waals surface area contributed by atoms with Crippen LogP contribution in [0, 0.1) is 13.8 Å². The predicted molar refractivity (Wildman–Crippen MR) is 75.5 cm³/mol. The van der Waals surface area contributed by atoms with Crippen molar-refractivity contribution in [2.24, 2.45) is 0 Å². The van der Waals surface area contributed by atoms with Gasteiger partial charge in [-0.2, -0.15) is 0 Å². The van der Waals surface area contributed by atoms with Gasteiger partial charge in [-0.3, -0.25) is 4.98 Å². The van der Waals surface area contributed by atoms with Crippen LogP contribution in [0.2, 0.25) is 0 Å². The fourth-order valence-corrected chi connectivity index (χ4v) is 3.32. The minimum atomic E-state index is -3.44. The summed E-state index contributed by atoms with van der Waals surface area (Å²) in [5.41, 5.74) is 8.84. The Morgan fingerprint density at radius 2 is 1.89 bits per heavy atom. The number of hydrogen-bond acceptors (Lipinski definition) is 4. The molecule has 0 aliphatic heterocycles. The van der Waals surface area contributed by atoms with Gasteiger partial charge in [0.2, 0.25) is 0 Å². The van der Waals surface area contributed by atoms with Crippen LogP contribution in [0.5, 0.6) is 0 Å². The molecule has 2 rings (SSSR count). The summed E-state index contributed by atoms with van der Waals surface area (Å²) >= 11 is 0. The maximum Gasteiger partial charge on any atom is 0.184 e. The first-order valence-corrected chi connectivity index (χ1v) is 7.54. The van der Waals surface area contributed by atoms with E-state index in [-0.39, 0.29) is 16.3 Å². The quantitative estimate of drug-likeness (QED) is 0.933. The third-order valence-electron chi connectivity index (χ3n) is 3.07. The number of aromatic nitrogens is 1. The second-order valence-electron chi connectivity index (χ2n) is 4.59. The van der Waals surface area contributed by atoms with Crippen molar-refractivity contribution in [3.8, 4) is 0 Å². The first-order valence-electron chi connectivity index (χ1n) is 5.88. The lowest BCUT2D eigenvalue weighted by Crippen LogP contribution is -2.08. The highest BCUT2D eigenvalue weighted by Gasteiger charge is 2.18. The normalized spacial score (nSPS) is 11.5. The summed E-state index contributed by atoms with van der Waals surface area (Å²) in [7, 11) is -3.44. The summed E-state index contributed by atoms with van der Waals surface area (Å²) < 4.78 is 24.6. The van der Waals surface area contributed by atoms with Crippen molar-refractivity contribution in [3.05, 3.63) is 53.3 Å². The number of sulfone groups is 1. The summed E-state index contributed by atoms with van der Waals surface area (Å²) in [5, 5.41) is 0. The number of benzene rings is 1. The molecule has 2 N–H and O–H groups in total. The number of anilines is 1. The monoisotopic (exact) mass is 276 g/mol. The first-order chi connectivity index (χ1) is 8.90. The van der Waals surface area contributed by atoms with E-state index in [1.165, 1.54) is 18.5 Å². The van der Waals surface area contributed by atoms with E-state index in [4.69, 9.17) is 5.73 Å². The van der Waals surface area contributed by atoms with Crippen LogP contribution in [-0.4, -0.2) is 13.4 Å². The van der Waals surface area contributed by atoms with Gasteiger partial charge in [-0.1, -0.05) is 18.2 Å². The zero-order valence-corrected chi connectivity index (χ0v) is 11.7. The van der Waals surface area contributed by atoms with Crippen molar-refractivity contribution in [1.82, 2.24) is 4.98 Å². The molecular weight excluding hydrogens is 260 g/mol. The molecule has 0 radical (unpaired) electrons. The summed E-state index contributed by atoms with van der Waals surface area (Å²) in [6, 6.07) is 7.09. The Morgan fingerprint density at radius 3 is 2.53 bits per heavy atom. The molecule has 0 saturated heterocycles. The number of hydrogen-bond donors (Lipinski definition) is 1. The Kier molecular flexibility index (Phi) is 3.57. The third-order valence-corrected chi connectivity index (χ3v) is 4.83. The van der Waals surface area contributed by atoms with Gasteiger partial charge in [0.1, 0.15) is 0 Å². The molecule has 0 unspecified atom stereocenters. The van der Waals surface area contributed by atoms with E-state index in [1.807, 2.05) is 32.0 Å². The Hall–Kier alpha value is -1.88. The van der Waals surface area contributed by atoms with Crippen LogP contribution in [0.3, 0.4) is 0 Å². The molecular formula is C14H16N2O2S. The molecule has 19 heavy (non-hydrogen) atoms. The molecule has 1 aromatic heterocycles. The molecule has 0 aliphatic rings. The maximum atomic E-state index is 12.3. The highest BCUT2D eigenvalue weighted by atomic mass is 32.2. The highest BCUT2D eigenvalue weighted by molar-refractivity contribution is 7.90. The van der Waals surface area contributed by atoms with E-state index in [0.717, 1.165) is 16.7 Å². The number of rotatable bonds is 3. The minimum Gasteiger partial charge on any atom is -0.396 e. The minimum absolute atomic E-state index is 0.0532. The first kappa shape index (κ1) is 13.5. The van der Waals surface area contributed by atoms with Crippen molar-refractivity contribution in [3.63, 3.8) is 0 Å². The fourth-order valence-electron chi connectivity index (χ4n) is 1.87. The molecule has 100 valence electrons. The topological polar surface area (TPSA) is 73.0 Å². The van der Waals surface area contributed by atoms with Crippen molar-refractivity contribution in [2.45, 2.75) is 24.5 Å². The Labute approximate surface area is 113 Å².